The van der Waals surface area contributed by atoms with E-state index in [0.717, 1.165) is 0 Å². The smallest absolute Gasteiger partial charge is 0.243 e. The molecule has 11 heteroatoms. The van der Waals surface area contributed by atoms with Crippen LogP contribution in [0.4, 0.5) is 11.6 Å². The van der Waals surface area contributed by atoms with E-state index in [4.69, 9.17) is 0 Å². The molecular weight excluding hydrogens is 450 g/mol. The zero-order chi connectivity index (χ0) is 24.8. The van der Waals surface area contributed by atoms with Crippen LogP contribution in [0.3, 0.4) is 0 Å². The van der Waals surface area contributed by atoms with E-state index in [1.165, 1.54) is 11.8 Å². The molecule has 2 N–H and O–H groups in total. The van der Waals surface area contributed by atoms with Crippen molar-refractivity contribution in [3.8, 4) is 0 Å². The number of amides is 3. The third-order valence-electron chi connectivity index (χ3n) is 6.17. The number of rotatable bonds is 7. The molecule has 184 valence electrons. The van der Waals surface area contributed by atoms with Crippen molar-refractivity contribution in [3.05, 3.63) is 48.3 Å². The van der Waals surface area contributed by atoms with Crippen molar-refractivity contribution < 1.29 is 19.2 Å². The Labute approximate surface area is 203 Å². The first-order valence-electron chi connectivity index (χ1n) is 11.6. The van der Waals surface area contributed by atoms with Gasteiger partial charge in [-0.05, 0) is 37.3 Å². The van der Waals surface area contributed by atoms with Gasteiger partial charge >= 0.3 is 0 Å². The van der Waals surface area contributed by atoms with Gasteiger partial charge in [0.1, 0.15) is 6.04 Å². The summed E-state index contributed by atoms with van der Waals surface area (Å²) >= 11 is 0. The average molecular weight is 480 g/mol. The highest BCUT2D eigenvalue weighted by atomic mass is 16.2. The number of nitrogens with one attached hydrogen (secondary N) is 2. The second kappa shape index (κ2) is 11.0. The Kier molecular flexibility index (Phi) is 7.66. The Bertz CT molecular complexity index is 1070. The van der Waals surface area contributed by atoms with E-state index in [-0.39, 0.29) is 36.5 Å². The molecule has 1 aromatic heterocycles. The molecule has 3 amide bonds. The predicted molar refractivity (Wildman–Crippen MR) is 129 cm³/mol. The summed E-state index contributed by atoms with van der Waals surface area (Å²) in [5, 5.41) is 5.49. The van der Waals surface area contributed by atoms with E-state index in [2.05, 4.69) is 25.5 Å². The summed E-state index contributed by atoms with van der Waals surface area (Å²) < 4.78 is 0. The highest BCUT2D eigenvalue weighted by Crippen LogP contribution is 2.15. The molecule has 0 aliphatic carbocycles. The first-order valence-corrected chi connectivity index (χ1v) is 11.6. The number of hydrogen-bond acceptors (Lipinski definition) is 8. The second-order valence-corrected chi connectivity index (χ2v) is 8.59. The van der Waals surface area contributed by atoms with Crippen molar-refractivity contribution in [2.24, 2.45) is 0 Å². The number of anilines is 2. The molecule has 2 saturated heterocycles. The number of Topliss-reactive ketones (excluding diaryl/α,β-unsaturated/α-hetero) is 1. The fourth-order valence-corrected chi connectivity index (χ4v) is 4.23. The van der Waals surface area contributed by atoms with Crippen LogP contribution in [0.25, 0.3) is 0 Å². The first-order chi connectivity index (χ1) is 16.9. The SMILES string of the molecule is CC(=O)c1ccc(NC(=O)C[C@H]2C(=O)NCCN2C(=O)CN2CCN(c3ncccn3)CC2)cc1. The van der Waals surface area contributed by atoms with Crippen LogP contribution in [0.1, 0.15) is 23.7 Å². The molecule has 0 saturated carbocycles. The van der Waals surface area contributed by atoms with Gasteiger partial charge in [0, 0.05) is 62.9 Å². The molecule has 0 unspecified atom stereocenters. The molecule has 0 bridgehead atoms. The minimum atomic E-state index is -0.869. The van der Waals surface area contributed by atoms with Gasteiger partial charge in [-0.25, -0.2) is 9.97 Å². The molecule has 2 aliphatic heterocycles. The quantitative estimate of drug-likeness (QED) is 0.538. The third-order valence-corrected chi connectivity index (χ3v) is 6.17. The second-order valence-electron chi connectivity index (χ2n) is 8.59. The zero-order valence-electron chi connectivity index (χ0n) is 19.6. The summed E-state index contributed by atoms with van der Waals surface area (Å²) in [7, 11) is 0. The molecule has 2 fully saturated rings. The summed E-state index contributed by atoms with van der Waals surface area (Å²) in [5.41, 5.74) is 1.07. The lowest BCUT2D eigenvalue weighted by atomic mass is 10.1. The fourth-order valence-electron chi connectivity index (χ4n) is 4.23. The van der Waals surface area contributed by atoms with Crippen LogP contribution in [0.2, 0.25) is 0 Å². The lowest BCUT2D eigenvalue weighted by Gasteiger charge is -2.38. The summed E-state index contributed by atoms with van der Waals surface area (Å²) in [6, 6.07) is 7.44. The van der Waals surface area contributed by atoms with E-state index >= 15 is 0 Å². The normalized spacial score (nSPS) is 18.7. The Hall–Kier alpha value is -3.86. The predicted octanol–water partition coefficient (Wildman–Crippen LogP) is 0.157. The summed E-state index contributed by atoms with van der Waals surface area (Å²) in [4.78, 5) is 63.9. The van der Waals surface area contributed by atoms with Gasteiger partial charge in [0.2, 0.25) is 23.7 Å². The number of nitrogens with zero attached hydrogens (tertiary/aromatic N) is 5. The van der Waals surface area contributed by atoms with Crippen LogP contribution in [0, 0.1) is 0 Å². The van der Waals surface area contributed by atoms with E-state index in [1.54, 1.807) is 42.7 Å². The molecular formula is C24H29N7O4. The number of ketones is 1. The van der Waals surface area contributed by atoms with Crippen LogP contribution in [0.15, 0.2) is 42.7 Å². The van der Waals surface area contributed by atoms with Crippen LogP contribution >= 0.6 is 0 Å². The Morgan fingerprint density at radius 2 is 1.71 bits per heavy atom. The van der Waals surface area contributed by atoms with Crippen molar-refractivity contribution >= 4 is 35.1 Å². The van der Waals surface area contributed by atoms with Crippen LogP contribution in [0.5, 0.6) is 0 Å². The maximum atomic E-state index is 13.1. The molecule has 1 aromatic carbocycles. The molecule has 0 spiro atoms. The van der Waals surface area contributed by atoms with Crippen LogP contribution in [-0.2, 0) is 14.4 Å². The molecule has 2 aliphatic rings. The topological polar surface area (TPSA) is 128 Å². The molecule has 35 heavy (non-hydrogen) atoms. The van der Waals surface area contributed by atoms with Crippen LogP contribution < -0.4 is 15.5 Å². The maximum absolute atomic E-state index is 13.1. The molecule has 3 heterocycles. The van der Waals surface area contributed by atoms with E-state index < -0.39 is 6.04 Å². The van der Waals surface area contributed by atoms with Crippen molar-refractivity contribution in [3.63, 3.8) is 0 Å². The number of carbonyl (C=O) groups excluding carboxylic acids is 4. The Morgan fingerprint density at radius 1 is 1.03 bits per heavy atom. The first kappa shape index (κ1) is 24.3. The standard InChI is InChI=1S/C24H29N7O4/c1-17(32)18-3-5-19(6-4-18)28-21(33)15-20-23(35)25-9-10-31(20)22(34)16-29-11-13-30(14-12-29)24-26-7-2-8-27-24/h2-8,20H,9-16H2,1H3,(H,25,35)(H,28,33)/t20-/m0/s1. The minimum Gasteiger partial charge on any atom is -0.353 e. The van der Waals surface area contributed by atoms with E-state index in [0.29, 0.717) is 56.5 Å². The van der Waals surface area contributed by atoms with Gasteiger partial charge in [-0.15, -0.1) is 0 Å². The zero-order valence-corrected chi connectivity index (χ0v) is 19.6. The molecule has 11 nitrogen and oxygen atoms in total. The summed E-state index contributed by atoms with van der Waals surface area (Å²) in [6.45, 7) is 5.11. The minimum absolute atomic E-state index is 0.0641. The molecule has 0 radical (unpaired) electrons. The number of carbonyl (C=O) groups is 4. The third kappa shape index (κ3) is 6.18. The lowest BCUT2D eigenvalue weighted by molar-refractivity contribution is -0.145. The van der Waals surface area contributed by atoms with E-state index in [1.807, 2.05) is 4.90 Å². The largest absolute Gasteiger partial charge is 0.353 e. The van der Waals surface area contributed by atoms with Gasteiger partial charge in [0.15, 0.2) is 5.78 Å². The van der Waals surface area contributed by atoms with Gasteiger partial charge < -0.3 is 20.4 Å². The monoisotopic (exact) mass is 479 g/mol. The van der Waals surface area contributed by atoms with Crippen molar-refractivity contribution in [1.82, 2.24) is 25.1 Å². The van der Waals surface area contributed by atoms with Crippen LogP contribution in [-0.4, -0.2) is 95.1 Å². The van der Waals surface area contributed by atoms with Gasteiger partial charge in [-0.2, -0.15) is 0 Å². The lowest BCUT2D eigenvalue weighted by Crippen LogP contribution is -2.60. The highest BCUT2D eigenvalue weighted by molar-refractivity contribution is 5.98. The number of piperazine rings is 2. The van der Waals surface area contributed by atoms with Crippen molar-refractivity contribution in [1.29, 1.82) is 0 Å². The molecule has 2 aromatic rings. The van der Waals surface area contributed by atoms with Gasteiger partial charge in [-0.3, -0.25) is 24.1 Å². The van der Waals surface area contributed by atoms with Crippen molar-refractivity contribution in [2.75, 3.05) is 56.0 Å². The number of aromatic nitrogens is 2. The average Bonchev–Trinajstić information content (AvgIpc) is 2.86. The van der Waals surface area contributed by atoms with Gasteiger partial charge in [-0.1, -0.05) is 0 Å². The fraction of sp³-hybridized carbons (Fsp3) is 0.417. The van der Waals surface area contributed by atoms with Gasteiger partial charge in [0.25, 0.3) is 0 Å². The maximum Gasteiger partial charge on any atom is 0.243 e. The number of benzene rings is 1. The van der Waals surface area contributed by atoms with E-state index in [9.17, 15) is 19.2 Å². The Balaban J connectivity index is 1.32. The summed E-state index contributed by atoms with van der Waals surface area (Å²) in [5.74, 6) is -0.276. The highest BCUT2D eigenvalue weighted by Gasteiger charge is 2.35. The molecule has 1 atom stereocenters. The Morgan fingerprint density at radius 3 is 2.37 bits per heavy atom. The molecule has 4 rings (SSSR count). The summed E-state index contributed by atoms with van der Waals surface area (Å²) in [6.07, 6.45) is 3.26. The number of hydrogen-bond donors (Lipinski definition) is 2. The van der Waals surface area contributed by atoms with Crippen molar-refractivity contribution in [2.45, 2.75) is 19.4 Å². The van der Waals surface area contributed by atoms with Gasteiger partial charge in [0.05, 0.1) is 13.0 Å².